The van der Waals surface area contributed by atoms with Crippen molar-refractivity contribution < 1.29 is 26.5 Å². The number of hydrogen-bond acceptors (Lipinski definition) is 6. The largest absolute Gasteiger partial charge is 0.466 e. The lowest BCUT2D eigenvalue weighted by Gasteiger charge is -2.36. The zero-order valence-corrected chi connectivity index (χ0v) is 14.8. The van der Waals surface area contributed by atoms with Crippen LogP contribution < -0.4 is 5.32 Å². The highest BCUT2D eigenvalue weighted by molar-refractivity contribution is 5.80. The van der Waals surface area contributed by atoms with Crippen LogP contribution in [0.5, 0.6) is 0 Å². The predicted molar refractivity (Wildman–Crippen MR) is 90.8 cm³/mol. The van der Waals surface area contributed by atoms with Crippen LogP contribution in [0.3, 0.4) is 0 Å². The van der Waals surface area contributed by atoms with Crippen LogP contribution in [0.1, 0.15) is 41.8 Å². The average Bonchev–Trinajstić information content (AvgIpc) is 2.60. The monoisotopic (exact) mass is 347 g/mol. The fourth-order valence-electron chi connectivity index (χ4n) is 2.74. The molecule has 7 nitrogen and oxygen atoms in total. The highest BCUT2D eigenvalue weighted by atomic mass is 16.5. The molecule has 0 radical (unpaired) electrons. The number of amides is 1. The second-order valence-electron chi connectivity index (χ2n) is 6.12. The molecule has 0 aliphatic carbocycles. The molecule has 1 fully saturated rings. The molecular weight excluding hydrogens is 312 g/mol. The average molecular weight is 347 g/mol. The number of carbonyl (C=O) groups excluding carboxylic acids is 2. The lowest BCUT2D eigenvalue weighted by molar-refractivity contribution is -0.145. The summed E-state index contributed by atoms with van der Waals surface area (Å²) < 4.78 is 30.0. The van der Waals surface area contributed by atoms with Gasteiger partial charge in [0.05, 0.1) is 34.6 Å². The number of hydrogen-bond donors (Lipinski definition) is 1. The molecule has 1 saturated heterocycles. The van der Waals surface area contributed by atoms with Crippen molar-refractivity contribution in [3.05, 3.63) is 0 Å². The Morgan fingerprint density at radius 2 is 2.21 bits per heavy atom. The van der Waals surface area contributed by atoms with E-state index in [4.69, 9.17) is 17.0 Å². The third kappa shape index (κ3) is 9.20. The van der Waals surface area contributed by atoms with Gasteiger partial charge in [-0.15, -0.1) is 0 Å². The van der Waals surface area contributed by atoms with Crippen LogP contribution in [0, 0.1) is 0 Å². The summed E-state index contributed by atoms with van der Waals surface area (Å²) in [6.07, 6.45) is 3.04. The Hall–Kier alpha value is -1.18. The topological polar surface area (TPSA) is 77.1 Å². The van der Waals surface area contributed by atoms with Crippen LogP contribution in [-0.2, 0) is 23.8 Å². The van der Waals surface area contributed by atoms with Crippen LogP contribution in [0.15, 0.2) is 0 Å². The van der Waals surface area contributed by atoms with Crippen LogP contribution in [0.2, 0.25) is 0 Å². The second kappa shape index (κ2) is 12.2. The van der Waals surface area contributed by atoms with Crippen molar-refractivity contribution in [1.82, 2.24) is 10.2 Å². The molecule has 1 aliphatic heterocycles. The van der Waals surface area contributed by atoms with E-state index in [1.54, 1.807) is 7.05 Å². The lowest BCUT2D eigenvalue weighted by Crippen LogP contribution is -2.48. The van der Waals surface area contributed by atoms with E-state index in [0.717, 1.165) is 38.9 Å². The maximum Gasteiger partial charge on any atom is 0.306 e. The van der Waals surface area contributed by atoms with E-state index < -0.39 is 7.06 Å². The first kappa shape index (κ1) is 17.6. The number of methoxy groups -OCH3 is 1. The molecule has 7 heteroatoms. The molecule has 0 aromatic carbocycles. The first-order valence-electron chi connectivity index (χ1n) is 9.76. The number of morpholine rings is 1. The molecule has 0 aromatic heterocycles. The maximum atomic E-state index is 11.5. The van der Waals surface area contributed by atoms with Gasteiger partial charge in [-0.3, -0.25) is 14.5 Å². The third-order valence-electron chi connectivity index (χ3n) is 3.90. The number of esters is 1. The van der Waals surface area contributed by atoms with Crippen LogP contribution in [-0.4, -0.2) is 75.9 Å². The van der Waals surface area contributed by atoms with Crippen molar-refractivity contribution in [2.45, 2.75) is 51.2 Å². The van der Waals surface area contributed by atoms with Crippen LogP contribution >= 0.6 is 0 Å². The van der Waals surface area contributed by atoms with E-state index in [9.17, 15) is 9.59 Å². The molecule has 3 unspecified atom stereocenters. The number of nitrogens with one attached hydrogen (secondary N) is 1. The van der Waals surface area contributed by atoms with Gasteiger partial charge in [0.2, 0.25) is 5.91 Å². The summed E-state index contributed by atoms with van der Waals surface area (Å²) in [4.78, 5) is 24.8. The Kier molecular flexibility index (Phi) is 8.98. The minimum atomic E-state index is -1.27. The number of carbonyl (C=O) groups is 2. The molecule has 3 atom stereocenters. The van der Waals surface area contributed by atoms with Gasteiger partial charge in [-0.2, -0.15) is 0 Å². The minimum absolute atomic E-state index is 0.0989. The highest BCUT2D eigenvalue weighted by Crippen LogP contribution is 2.12. The molecule has 140 valence electrons. The Bertz CT molecular complexity index is 426. The fraction of sp³-hybridized carbons (Fsp3) is 0.882. The molecule has 0 aromatic rings. The lowest BCUT2D eigenvalue weighted by atomic mass is 10.2. The van der Waals surface area contributed by atoms with Gasteiger partial charge in [0.15, 0.2) is 0 Å². The normalized spacial score (nSPS) is 23.9. The van der Waals surface area contributed by atoms with Crippen molar-refractivity contribution in [1.29, 1.82) is 0 Å². The number of unbranched alkanes of at least 4 members (excludes halogenated alkanes) is 2. The van der Waals surface area contributed by atoms with Crippen molar-refractivity contribution in [3.8, 4) is 0 Å². The Balaban J connectivity index is 2.07. The SMILES string of the molecule is [2H]C([3H])OCC1CN(CCCCCOC(=O)CCC(=O)NC)CC(C)O1. The molecule has 1 rings (SSSR count). The first-order chi connectivity index (χ1) is 12.4. The maximum absolute atomic E-state index is 11.5. The molecule has 1 N–H and O–H groups in total. The Morgan fingerprint density at radius 1 is 1.38 bits per heavy atom. The molecule has 1 amide bonds. The molecule has 24 heavy (non-hydrogen) atoms. The van der Waals surface area contributed by atoms with E-state index in [2.05, 4.69) is 10.2 Å². The molecule has 0 saturated carbocycles. The van der Waals surface area contributed by atoms with E-state index in [1.165, 1.54) is 0 Å². The van der Waals surface area contributed by atoms with E-state index >= 15 is 0 Å². The zero-order valence-electron chi connectivity index (χ0n) is 16.8. The number of rotatable bonds is 11. The molecule has 1 aliphatic rings. The molecule has 0 bridgehead atoms. The van der Waals surface area contributed by atoms with Crippen LogP contribution in [0.25, 0.3) is 0 Å². The van der Waals surface area contributed by atoms with E-state index in [1.807, 2.05) is 6.92 Å². The van der Waals surface area contributed by atoms with Crippen molar-refractivity contribution in [2.24, 2.45) is 0 Å². The molecule has 0 spiro atoms. The van der Waals surface area contributed by atoms with E-state index in [-0.39, 0.29) is 43.5 Å². The van der Waals surface area contributed by atoms with Gasteiger partial charge in [-0.1, -0.05) is 0 Å². The van der Waals surface area contributed by atoms with Gasteiger partial charge in [-0.05, 0) is 32.7 Å². The fourth-order valence-corrected chi connectivity index (χ4v) is 2.74. The van der Waals surface area contributed by atoms with Gasteiger partial charge in [0.25, 0.3) is 0 Å². The summed E-state index contributed by atoms with van der Waals surface area (Å²) in [6.45, 7) is 5.19. The second-order valence-corrected chi connectivity index (χ2v) is 6.12. The highest BCUT2D eigenvalue weighted by Gasteiger charge is 2.24. The van der Waals surface area contributed by atoms with E-state index in [0.29, 0.717) is 6.61 Å². The summed E-state index contributed by atoms with van der Waals surface area (Å²) in [5, 5.41) is 2.47. The Labute approximate surface area is 147 Å². The minimum Gasteiger partial charge on any atom is -0.466 e. The summed E-state index contributed by atoms with van der Waals surface area (Å²) in [5.41, 5.74) is 0. The summed E-state index contributed by atoms with van der Waals surface area (Å²) in [7, 11) is 0.267. The Morgan fingerprint density at radius 3 is 2.96 bits per heavy atom. The first-order valence-corrected chi connectivity index (χ1v) is 8.60. The zero-order chi connectivity index (χ0) is 19.4. The summed E-state index contributed by atoms with van der Waals surface area (Å²) >= 11 is 0. The number of nitrogens with zero attached hydrogens (tertiary/aromatic N) is 1. The molecule has 1 heterocycles. The van der Waals surface area contributed by atoms with Gasteiger partial charge < -0.3 is 19.5 Å². The molecular formula is C17H32N2O5. The van der Waals surface area contributed by atoms with Gasteiger partial charge in [0, 0.05) is 33.6 Å². The quantitative estimate of drug-likeness (QED) is 0.443. The smallest absolute Gasteiger partial charge is 0.306 e. The van der Waals surface area contributed by atoms with Gasteiger partial charge in [0.1, 0.15) is 0 Å². The summed E-state index contributed by atoms with van der Waals surface area (Å²) in [5.74, 6) is -0.494. The number of ether oxygens (including phenoxy) is 3. The van der Waals surface area contributed by atoms with Crippen molar-refractivity contribution >= 4 is 11.9 Å². The van der Waals surface area contributed by atoms with Crippen LogP contribution in [0.4, 0.5) is 0 Å². The van der Waals surface area contributed by atoms with Gasteiger partial charge >= 0.3 is 5.97 Å². The standard InChI is InChI=1S/C17H32N2O5/c1-14-11-19(12-15(24-14)13-22-3)9-5-4-6-10-23-17(21)8-7-16(20)18-2/h14-15H,4-13H2,1-3H3,(H,18,20)/i3TD. The van der Waals surface area contributed by atoms with Crippen molar-refractivity contribution in [3.63, 3.8) is 0 Å². The third-order valence-corrected chi connectivity index (χ3v) is 3.90. The van der Waals surface area contributed by atoms with Gasteiger partial charge in [-0.25, -0.2) is 0 Å². The summed E-state index contributed by atoms with van der Waals surface area (Å²) in [6, 6.07) is 0. The van der Waals surface area contributed by atoms with Crippen molar-refractivity contribution in [2.75, 3.05) is 47.0 Å². The predicted octanol–water partition coefficient (Wildman–Crippen LogP) is 0.962.